The smallest absolute Gasteiger partial charge is 0.253 e. The fourth-order valence-electron chi connectivity index (χ4n) is 2.48. The summed E-state index contributed by atoms with van der Waals surface area (Å²) in [4.78, 5) is 39.4. The largest absolute Gasteiger partial charge is 0.341 e. The summed E-state index contributed by atoms with van der Waals surface area (Å²) in [7, 11) is 0. The number of pyridine rings is 1. The Morgan fingerprint density at radius 1 is 1.00 bits per heavy atom. The molecular weight excluding hydrogens is 292 g/mol. The van der Waals surface area contributed by atoms with Crippen molar-refractivity contribution >= 4 is 11.7 Å². The monoisotopic (exact) mass is 312 g/mol. The van der Waals surface area contributed by atoms with Gasteiger partial charge in [-0.25, -0.2) is 0 Å². The molecule has 0 aliphatic carbocycles. The van der Waals surface area contributed by atoms with E-state index in [9.17, 15) is 14.4 Å². The summed E-state index contributed by atoms with van der Waals surface area (Å²) < 4.78 is 1.20. The third-order valence-corrected chi connectivity index (χ3v) is 3.74. The lowest BCUT2D eigenvalue weighted by Gasteiger charge is -2.25. The van der Waals surface area contributed by atoms with E-state index < -0.39 is 6.04 Å². The van der Waals surface area contributed by atoms with Crippen molar-refractivity contribution in [2.75, 3.05) is 13.1 Å². The molecule has 1 amide bonds. The highest BCUT2D eigenvalue weighted by Gasteiger charge is 2.32. The topological polar surface area (TPSA) is 59.4 Å². The SMILES string of the molecule is CCN(CC)C(=O)C(C(=O)c1ccccc1)n1ccccc1=O. The summed E-state index contributed by atoms with van der Waals surface area (Å²) in [5.41, 5.74) is 0.0380. The van der Waals surface area contributed by atoms with Crippen LogP contribution in [0.3, 0.4) is 0 Å². The minimum absolute atomic E-state index is 0.364. The summed E-state index contributed by atoms with van der Waals surface area (Å²) >= 11 is 0. The third kappa shape index (κ3) is 3.56. The molecule has 1 aromatic heterocycles. The fraction of sp³-hybridized carbons (Fsp3) is 0.278. The van der Waals surface area contributed by atoms with Crippen LogP contribution >= 0.6 is 0 Å². The van der Waals surface area contributed by atoms with Gasteiger partial charge in [-0.05, 0) is 19.9 Å². The van der Waals surface area contributed by atoms with Crippen molar-refractivity contribution in [2.24, 2.45) is 0 Å². The van der Waals surface area contributed by atoms with Gasteiger partial charge in [-0.15, -0.1) is 0 Å². The van der Waals surface area contributed by atoms with Gasteiger partial charge in [-0.3, -0.25) is 19.0 Å². The van der Waals surface area contributed by atoms with Crippen LogP contribution in [0.25, 0.3) is 0 Å². The molecule has 1 atom stereocenters. The van der Waals surface area contributed by atoms with Crippen LogP contribution in [-0.4, -0.2) is 34.2 Å². The van der Waals surface area contributed by atoms with Crippen LogP contribution < -0.4 is 5.56 Å². The van der Waals surface area contributed by atoms with Crippen LogP contribution in [0.15, 0.2) is 59.5 Å². The van der Waals surface area contributed by atoms with Crippen molar-refractivity contribution < 1.29 is 9.59 Å². The number of aromatic nitrogens is 1. The number of hydrogen-bond donors (Lipinski definition) is 0. The van der Waals surface area contributed by atoms with Crippen molar-refractivity contribution in [3.63, 3.8) is 0 Å². The maximum atomic E-state index is 12.9. The molecule has 1 heterocycles. The van der Waals surface area contributed by atoms with Crippen LogP contribution in [0.4, 0.5) is 0 Å². The molecule has 0 fully saturated rings. The van der Waals surface area contributed by atoms with E-state index in [0.717, 1.165) is 0 Å². The Bertz CT molecular complexity index is 733. The van der Waals surface area contributed by atoms with Gasteiger partial charge < -0.3 is 4.90 Å². The highest BCUT2D eigenvalue weighted by Crippen LogP contribution is 2.16. The summed E-state index contributed by atoms with van der Waals surface area (Å²) in [6.45, 7) is 4.66. The van der Waals surface area contributed by atoms with Crippen molar-refractivity contribution in [3.05, 3.63) is 70.6 Å². The molecule has 0 aliphatic rings. The zero-order valence-electron chi connectivity index (χ0n) is 13.3. The Morgan fingerprint density at radius 2 is 1.61 bits per heavy atom. The van der Waals surface area contributed by atoms with E-state index in [1.54, 1.807) is 47.4 Å². The Labute approximate surface area is 135 Å². The fourth-order valence-corrected chi connectivity index (χ4v) is 2.48. The predicted molar refractivity (Wildman–Crippen MR) is 88.4 cm³/mol. The van der Waals surface area contributed by atoms with Crippen molar-refractivity contribution in [1.29, 1.82) is 0 Å². The van der Waals surface area contributed by atoms with Crippen LogP contribution in [0.5, 0.6) is 0 Å². The Hall–Kier alpha value is -2.69. The van der Waals surface area contributed by atoms with Gasteiger partial charge in [0, 0.05) is 30.9 Å². The van der Waals surface area contributed by atoms with Gasteiger partial charge in [0.15, 0.2) is 11.8 Å². The van der Waals surface area contributed by atoms with Gasteiger partial charge in [0.1, 0.15) is 0 Å². The number of Topliss-reactive ketones (excluding diaryl/α,β-unsaturated/α-hetero) is 1. The lowest BCUT2D eigenvalue weighted by Crippen LogP contribution is -2.43. The number of amides is 1. The number of carbonyl (C=O) groups is 2. The highest BCUT2D eigenvalue weighted by atomic mass is 16.2. The minimum atomic E-state index is -1.18. The molecule has 0 saturated heterocycles. The summed E-state index contributed by atoms with van der Waals surface area (Å²) in [5.74, 6) is -0.743. The molecule has 2 aromatic rings. The average molecular weight is 312 g/mol. The van der Waals surface area contributed by atoms with Gasteiger partial charge in [-0.1, -0.05) is 36.4 Å². The molecule has 23 heavy (non-hydrogen) atoms. The molecule has 0 N–H and O–H groups in total. The molecular formula is C18H20N2O3. The van der Waals surface area contributed by atoms with Crippen molar-refractivity contribution in [3.8, 4) is 0 Å². The van der Waals surface area contributed by atoms with E-state index in [-0.39, 0.29) is 17.2 Å². The molecule has 1 unspecified atom stereocenters. The van der Waals surface area contributed by atoms with Crippen LogP contribution in [0.1, 0.15) is 30.2 Å². The van der Waals surface area contributed by atoms with Crippen molar-refractivity contribution in [1.82, 2.24) is 9.47 Å². The zero-order valence-corrected chi connectivity index (χ0v) is 13.3. The quantitative estimate of drug-likeness (QED) is 0.606. The second kappa shape index (κ2) is 7.54. The Balaban J connectivity index is 2.52. The number of nitrogens with zero attached hydrogens (tertiary/aromatic N) is 2. The molecule has 2 rings (SSSR count). The summed E-state index contributed by atoms with van der Waals surface area (Å²) in [6, 6.07) is 12.0. The van der Waals surface area contributed by atoms with Crippen LogP contribution in [0.2, 0.25) is 0 Å². The molecule has 0 spiro atoms. The van der Waals surface area contributed by atoms with Gasteiger partial charge >= 0.3 is 0 Å². The number of ketones is 1. The number of benzene rings is 1. The first-order valence-electron chi connectivity index (χ1n) is 7.65. The molecule has 120 valence electrons. The van der Waals surface area contributed by atoms with Gasteiger partial charge in [0.05, 0.1) is 0 Å². The maximum Gasteiger partial charge on any atom is 0.253 e. The van der Waals surface area contributed by atoms with Gasteiger partial charge in [0.2, 0.25) is 0 Å². The lowest BCUT2D eigenvalue weighted by molar-refractivity contribution is -0.133. The number of rotatable bonds is 6. The summed E-state index contributed by atoms with van der Waals surface area (Å²) in [6.07, 6.45) is 1.48. The normalized spacial score (nSPS) is 11.7. The standard InChI is InChI=1S/C18H20N2O3/c1-3-19(4-2)18(23)16(20-13-9-8-12-15(20)21)17(22)14-10-6-5-7-11-14/h5-13,16H,3-4H2,1-2H3. The van der Waals surface area contributed by atoms with E-state index in [4.69, 9.17) is 0 Å². The summed E-state index contributed by atoms with van der Waals surface area (Å²) in [5, 5.41) is 0. The van der Waals surface area contributed by atoms with Gasteiger partial charge in [0.25, 0.3) is 11.5 Å². The number of carbonyl (C=O) groups excluding carboxylic acids is 2. The molecule has 0 saturated carbocycles. The van der Waals surface area contributed by atoms with Crippen molar-refractivity contribution in [2.45, 2.75) is 19.9 Å². The lowest BCUT2D eigenvalue weighted by atomic mass is 10.0. The molecule has 0 radical (unpaired) electrons. The van der Waals surface area contributed by atoms with Gasteiger partial charge in [-0.2, -0.15) is 0 Å². The van der Waals surface area contributed by atoms with E-state index in [1.165, 1.54) is 16.8 Å². The highest BCUT2D eigenvalue weighted by molar-refractivity contribution is 6.11. The first kappa shape index (κ1) is 16.7. The van der Waals surface area contributed by atoms with Crippen LogP contribution in [-0.2, 0) is 4.79 Å². The first-order valence-corrected chi connectivity index (χ1v) is 7.65. The molecule has 5 heteroatoms. The predicted octanol–water partition coefficient (Wildman–Crippen LogP) is 2.14. The Kier molecular flexibility index (Phi) is 5.46. The van der Waals surface area contributed by atoms with E-state index in [0.29, 0.717) is 18.7 Å². The third-order valence-electron chi connectivity index (χ3n) is 3.74. The molecule has 0 aliphatic heterocycles. The van der Waals surface area contributed by atoms with E-state index >= 15 is 0 Å². The van der Waals surface area contributed by atoms with E-state index in [1.807, 2.05) is 13.8 Å². The minimum Gasteiger partial charge on any atom is -0.341 e. The van der Waals surface area contributed by atoms with E-state index in [2.05, 4.69) is 0 Å². The molecule has 5 nitrogen and oxygen atoms in total. The first-order chi connectivity index (χ1) is 11.1. The zero-order chi connectivity index (χ0) is 16.8. The van der Waals surface area contributed by atoms with Crippen LogP contribution in [0, 0.1) is 0 Å². The molecule has 1 aromatic carbocycles. The average Bonchev–Trinajstić information content (AvgIpc) is 2.58. The molecule has 0 bridgehead atoms. The second-order valence-electron chi connectivity index (χ2n) is 5.09. The maximum absolute atomic E-state index is 12.9. The number of likely N-dealkylation sites (N-methyl/N-ethyl adjacent to an activating group) is 1. The number of hydrogen-bond acceptors (Lipinski definition) is 3. The Morgan fingerprint density at radius 3 is 2.17 bits per heavy atom. The second-order valence-corrected chi connectivity index (χ2v) is 5.09.